The molecule has 170 valence electrons. The molecule has 0 amide bonds. The minimum Gasteiger partial charge on any atom is -0.300 e. The molecular formula is C27H50O2. The van der Waals surface area contributed by atoms with Gasteiger partial charge in [-0.15, -0.1) is 0 Å². The van der Waals surface area contributed by atoms with Gasteiger partial charge in [0.2, 0.25) is 0 Å². The fraction of sp³-hybridized carbons (Fsp3) is 0.852. The van der Waals surface area contributed by atoms with Gasteiger partial charge in [0.25, 0.3) is 0 Å². The van der Waals surface area contributed by atoms with Gasteiger partial charge in [-0.25, -0.2) is 0 Å². The molecule has 0 aromatic heterocycles. The predicted molar refractivity (Wildman–Crippen MR) is 127 cm³/mol. The minimum atomic E-state index is 0.183. The maximum absolute atomic E-state index is 11.9. The van der Waals surface area contributed by atoms with E-state index in [0.717, 1.165) is 32.1 Å². The summed E-state index contributed by atoms with van der Waals surface area (Å²) in [7, 11) is 0. The van der Waals surface area contributed by atoms with Gasteiger partial charge in [-0.1, -0.05) is 116 Å². The van der Waals surface area contributed by atoms with Crippen LogP contribution in [0.2, 0.25) is 0 Å². The highest BCUT2D eigenvalue weighted by Crippen LogP contribution is 2.14. The number of ketones is 2. The molecule has 2 heteroatoms. The lowest BCUT2D eigenvalue weighted by atomic mass is 10.0. The van der Waals surface area contributed by atoms with Gasteiger partial charge in [-0.05, 0) is 25.3 Å². The summed E-state index contributed by atoms with van der Waals surface area (Å²) < 4.78 is 0. The molecule has 0 aromatic rings. The Morgan fingerprint density at radius 3 is 1.17 bits per heavy atom. The first-order chi connectivity index (χ1) is 14.2. The molecule has 0 aliphatic carbocycles. The smallest absolute Gasteiger partial charge is 0.155 e. The van der Waals surface area contributed by atoms with E-state index in [2.05, 4.69) is 13.5 Å². The first-order valence-electron chi connectivity index (χ1n) is 12.9. The van der Waals surface area contributed by atoms with Crippen LogP contribution in [0.3, 0.4) is 0 Å². The third kappa shape index (κ3) is 23.2. The molecule has 29 heavy (non-hydrogen) atoms. The number of Topliss-reactive ketones (excluding diaryl/α,β-unsaturated/α-hetero) is 1. The molecule has 0 heterocycles. The van der Waals surface area contributed by atoms with Crippen molar-refractivity contribution >= 4 is 11.6 Å². The third-order valence-corrected chi connectivity index (χ3v) is 5.92. The Kier molecular flexibility index (Phi) is 22.6. The Bertz CT molecular complexity index is 386. The molecule has 0 N–H and O–H groups in total. The fourth-order valence-electron chi connectivity index (χ4n) is 3.90. The third-order valence-electron chi connectivity index (χ3n) is 5.92. The molecule has 0 aliphatic heterocycles. The Balaban J connectivity index is 3.16. The van der Waals surface area contributed by atoms with Crippen LogP contribution in [0.1, 0.15) is 148 Å². The number of carbonyl (C=O) groups is 2. The van der Waals surface area contributed by atoms with Crippen LogP contribution < -0.4 is 0 Å². The number of unbranched alkanes of at least 4 members (excludes halogenated alkanes) is 17. The average molecular weight is 407 g/mol. The summed E-state index contributed by atoms with van der Waals surface area (Å²) in [4.78, 5) is 23.0. The fourth-order valence-corrected chi connectivity index (χ4v) is 3.90. The Hall–Kier alpha value is -0.920. The Labute approximate surface area is 182 Å². The van der Waals surface area contributed by atoms with Gasteiger partial charge in [0.15, 0.2) is 5.78 Å². The van der Waals surface area contributed by atoms with E-state index >= 15 is 0 Å². The van der Waals surface area contributed by atoms with Crippen LogP contribution in [0.15, 0.2) is 12.7 Å². The molecule has 0 bridgehead atoms. The van der Waals surface area contributed by atoms with E-state index in [4.69, 9.17) is 0 Å². The zero-order valence-electron chi connectivity index (χ0n) is 19.7. The van der Waals surface area contributed by atoms with Gasteiger partial charge in [0.1, 0.15) is 5.78 Å². The number of allylic oxidation sites excluding steroid dienone is 1. The normalized spacial score (nSPS) is 10.9. The summed E-state index contributed by atoms with van der Waals surface area (Å²) in [6.45, 7) is 5.76. The van der Waals surface area contributed by atoms with E-state index in [1.807, 2.05) is 0 Å². The summed E-state index contributed by atoms with van der Waals surface area (Å²) >= 11 is 0. The van der Waals surface area contributed by atoms with Gasteiger partial charge in [0, 0.05) is 19.3 Å². The van der Waals surface area contributed by atoms with Gasteiger partial charge in [-0.3, -0.25) is 9.59 Å². The van der Waals surface area contributed by atoms with Crippen molar-refractivity contribution in [3.05, 3.63) is 12.7 Å². The maximum Gasteiger partial charge on any atom is 0.155 e. The van der Waals surface area contributed by atoms with E-state index in [-0.39, 0.29) is 5.78 Å². The molecule has 0 aromatic carbocycles. The van der Waals surface area contributed by atoms with Gasteiger partial charge in [-0.2, -0.15) is 0 Å². The molecule has 0 unspecified atom stereocenters. The number of hydrogen-bond donors (Lipinski definition) is 0. The van der Waals surface area contributed by atoms with Crippen molar-refractivity contribution in [2.45, 2.75) is 148 Å². The molecule has 0 spiro atoms. The molecule has 0 saturated carbocycles. The van der Waals surface area contributed by atoms with Crippen LogP contribution in [0.4, 0.5) is 0 Å². The van der Waals surface area contributed by atoms with E-state index in [1.165, 1.54) is 109 Å². The molecule has 0 rings (SSSR count). The van der Waals surface area contributed by atoms with Gasteiger partial charge in [0.05, 0.1) is 0 Å². The standard InChI is InChI=1S/C27H50O2/c1-3-5-6-7-14-18-21-24-27(29)25-22-19-16-13-11-9-8-10-12-15-17-20-23-26(28)4-2/h4H,2-3,5-25H2,1H3. The Morgan fingerprint density at radius 2 is 0.828 bits per heavy atom. The second-order valence-electron chi connectivity index (χ2n) is 8.82. The van der Waals surface area contributed by atoms with E-state index in [1.54, 1.807) is 0 Å². The number of hydrogen-bond acceptors (Lipinski definition) is 2. The number of carbonyl (C=O) groups excluding carboxylic acids is 2. The summed E-state index contributed by atoms with van der Waals surface area (Å²) in [6.07, 6.45) is 27.9. The minimum absolute atomic E-state index is 0.183. The SMILES string of the molecule is C=CC(=O)CCCCCCCCCCCCCCC(=O)CCCCCCCCC. The van der Waals surface area contributed by atoms with Crippen molar-refractivity contribution < 1.29 is 9.59 Å². The number of rotatable bonds is 24. The van der Waals surface area contributed by atoms with Crippen molar-refractivity contribution in [2.24, 2.45) is 0 Å². The van der Waals surface area contributed by atoms with Gasteiger partial charge < -0.3 is 0 Å². The lowest BCUT2D eigenvalue weighted by Gasteiger charge is -2.04. The first kappa shape index (κ1) is 28.1. The van der Waals surface area contributed by atoms with Crippen LogP contribution in [0.5, 0.6) is 0 Å². The molecule has 0 radical (unpaired) electrons. The lowest BCUT2D eigenvalue weighted by Crippen LogP contribution is -1.97. The van der Waals surface area contributed by atoms with Crippen molar-refractivity contribution in [3.8, 4) is 0 Å². The lowest BCUT2D eigenvalue weighted by molar-refractivity contribution is -0.119. The Morgan fingerprint density at radius 1 is 0.517 bits per heavy atom. The molecular weight excluding hydrogens is 356 g/mol. The van der Waals surface area contributed by atoms with Crippen LogP contribution >= 0.6 is 0 Å². The first-order valence-corrected chi connectivity index (χ1v) is 12.9. The summed E-state index contributed by atoms with van der Waals surface area (Å²) in [5, 5.41) is 0. The quantitative estimate of drug-likeness (QED) is 0.118. The average Bonchev–Trinajstić information content (AvgIpc) is 2.73. The highest BCUT2D eigenvalue weighted by atomic mass is 16.1. The molecule has 2 nitrogen and oxygen atoms in total. The second-order valence-corrected chi connectivity index (χ2v) is 8.82. The summed E-state index contributed by atoms with van der Waals surface area (Å²) in [5.41, 5.74) is 0. The van der Waals surface area contributed by atoms with Crippen LogP contribution in [0, 0.1) is 0 Å². The zero-order valence-corrected chi connectivity index (χ0v) is 19.7. The van der Waals surface area contributed by atoms with Crippen molar-refractivity contribution in [2.75, 3.05) is 0 Å². The summed E-state index contributed by atoms with van der Waals surface area (Å²) in [6, 6.07) is 0. The van der Waals surface area contributed by atoms with E-state index in [0.29, 0.717) is 12.2 Å². The largest absolute Gasteiger partial charge is 0.300 e. The van der Waals surface area contributed by atoms with Crippen LogP contribution in [-0.4, -0.2) is 11.6 Å². The van der Waals surface area contributed by atoms with E-state index in [9.17, 15) is 9.59 Å². The highest BCUT2D eigenvalue weighted by Gasteiger charge is 2.02. The zero-order chi connectivity index (χ0) is 21.4. The van der Waals surface area contributed by atoms with E-state index < -0.39 is 0 Å². The molecule has 0 aliphatic rings. The van der Waals surface area contributed by atoms with Crippen LogP contribution in [0.25, 0.3) is 0 Å². The highest BCUT2D eigenvalue weighted by molar-refractivity contribution is 5.88. The molecule has 0 saturated heterocycles. The van der Waals surface area contributed by atoms with Crippen molar-refractivity contribution in [1.29, 1.82) is 0 Å². The van der Waals surface area contributed by atoms with Crippen molar-refractivity contribution in [1.82, 2.24) is 0 Å². The molecule has 0 atom stereocenters. The predicted octanol–water partition coefficient (Wildman–Crippen LogP) is 8.91. The maximum atomic E-state index is 11.9. The second kappa shape index (κ2) is 23.4. The monoisotopic (exact) mass is 406 g/mol. The van der Waals surface area contributed by atoms with Crippen LogP contribution in [-0.2, 0) is 9.59 Å². The van der Waals surface area contributed by atoms with Crippen molar-refractivity contribution in [3.63, 3.8) is 0 Å². The summed E-state index contributed by atoms with van der Waals surface area (Å²) in [5.74, 6) is 0.676. The van der Waals surface area contributed by atoms with Gasteiger partial charge >= 0.3 is 0 Å². The molecule has 0 fully saturated rings. The topological polar surface area (TPSA) is 34.1 Å².